The molecule has 0 bridgehead atoms. The Morgan fingerprint density at radius 2 is 1.61 bits per heavy atom. The third kappa shape index (κ3) is 5.75. The molecule has 0 unspecified atom stereocenters. The van der Waals surface area contributed by atoms with Crippen LogP contribution in [0.25, 0.3) is 0 Å². The van der Waals surface area contributed by atoms with Gasteiger partial charge in [0.2, 0.25) is 0 Å². The minimum absolute atomic E-state index is 0.471. The predicted octanol–water partition coefficient (Wildman–Crippen LogP) is 1.71. The van der Waals surface area contributed by atoms with Gasteiger partial charge in [-0.2, -0.15) is 0 Å². The Morgan fingerprint density at radius 1 is 0.944 bits per heavy atom. The monoisotopic (exact) mass is 255 g/mol. The lowest BCUT2D eigenvalue weighted by Gasteiger charge is -2.10. The number of anilines is 1. The highest BCUT2D eigenvalue weighted by Gasteiger charge is 2.00. The number of nitrogen functional groups attached to an aromatic ring is 1. The highest BCUT2D eigenvalue weighted by Crippen LogP contribution is 2.24. The van der Waals surface area contributed by atoms with Crippen molar-refractivity contribution in [2.45, 2.75) is 6.92 Å². The zero-order chi connectivity index (χ0) is 13.2. The normalized spacial score (nSPS) is 10.3. The number of hydrogen-bond donors (Lipinski definition) is 1. The van der Waals surface area contributed by atoms with Crippen LogP contribution >= 0.6 is 0 Å². The van der Waals surface area contributed by atoms with Crippen molar-refractivity contribution in [3.8, 4) is 11.5 Å². The molecule has 18 heavy (non-hydrogen) atoms. The van der Waals surface area contributed by atoms with Gasteiger partial charge in [-0.25, -0.2) is 0 Å². The fraction of sp³-hybridized carbons (Fsp3) is 0.538. The van der Waals surface area contributed by atoms with Gasteiger partial charge in [0.15, 0.2) is 0 Å². The molecule has 0 atom stereocenters. The molecule has 5 nitrogen and oxygen atoms in total. The van der Waals surface area contributed by atoms with Gasteiger partial charge in [0, 0.05) is 31.0 Å². The van der Waals surface area contributed by atoms with E-state index in [1.54, 1.807) is 19.2 Å². The van der Waals surface area contributed by atoms with E-state index in [9.17, 15) is 0 Å². The Balaban J connectivity index is 2.32. The minimum atomic E-state index is 0.471. The second-order valence-electron chi connectivity index (χ2n) is 3.62. The molecule has 1 rings (SSSR count). The first-order chi connectivity index (χ1) is 8.76. The number of benzene rings is 1. The Bertz CT molecular complexity index is 344. The Morgan fingerprint density at radius 3 is 2.28 bits per heavy atom. The summed E-state index contributed by atoms with van der Waals surface area (Å²) < 4.78 is 21.1. The first-order valence-electron chi connectivity index (χ1n) is 5.99. The van der Waals surface area contributed by atoms with E-state index in [4.69, 9.17) is 24.7 Å². The van der Waals surface area contributed by atoms with Crippen LogP contribution in [-0.4, -0.2) is 40.1 Å². The minimum Gasteiger partial charge on any atom is -0.494 e. The molecule has 0 spiro atoms. The Labute approximate surface area is 108 Å². The van der Waals surface area contributed by atoms with E-state index in [-0.39, 0.29) is 0 Å². The molecule has 1 aromatic carbocycles. The van der Waals surface area contributed by atoms with Crippen LogP contribution in [0.4, 0.5) is 5.69 Å². The summed E-state index contributed by atoms with van der Waals surface area (Å²) >= 11 is 0. The molecule has 0 aliphatic heterocycles. The molecule has 0 saturated carbocycles. The van der Waals surface area contributed by atoms with Crippen molar-refractivity contribution in [3.05, 3.63) is 18.2 Å². The second kappa shape index (κ2) is 8.60. The molecule has 0 aliphatic rings. The van der Waals surface area contributed by atoms with Gasteiger partial charge in [-0.3, -0.25) is 0 Å². The zero-order valence-corrected chi connectivity index (χ0v) is 11.0. The average Bonchev–Trinajstić information content (AvgIpc) is 2.33. The molecule has 2 N–H and O–H groups in total. The second-order valence-corrected chi connectivity index (χ2v) is 3.62. The summed E-state index contributed by atoms with van der Waals surface area (Å²) in [5.74, 6) is 1.40. The number of hydrogen-bond acceptors (Lipinski definition) is 5. The molecule has 0 aromatic heterocycles. The quantitative estimate of drug-likeness (QED) is 0.537. The molecule has 0 saturated heterocycles. The molecule has 5 heteroatoms. The standard InChI is InChI=1S/C13H21NO4/c1-3-17-12-8-11(14)9-13(10-12)18-7-6-16-5-4-15-2/h8-10H,3-7,14H2,1-2H3. The average molecular weight is 255 g/mol. The van der Waals surface area contributed by atoms with Crippen LogP contribution in [-0.2, 0) is 9.47 Å². The summed E-state index contributed by atoms with van der Waals surface area (Å²) in [6.07, 6.45) is 0. The van der Waals surface area contributed by atoms with Crippen molar-refractivity contribution in [2.75, 3.05) is 45.9 Å². The van der Waals surface area contributed by atoms with Crippen molar-refractivity contribution >= 4 is 5.69 Å². The predicted molar refractivity (Wildman–Crippen MR) is 70.2 cm³/mol. The third-order valence-corrected chi connectivity index (χ3v) is 2.14. The van der Waals surface area contributed by atoms with Gasteiger partial charge in [-0.05, 0) is 6.92 Å². The molecule has 102 valence electrons. The molecule has 1 aromatic rings. The van der Waals surface area contributed by atoms with Crippen molar-refractivity contribution in [2.24, 2.45) is 0 Å². The maximum Gasteiger partial charge on any atom is 0.125 e. The largest absolute Gasteiger partial charge is 0.494 e. The lowest BCUT2D eigenvalue weighted by Crippen LogP contribution is -2.10. The van der Waals surface area contributed by atoms with Crippen LogP contribution in [0.15, 0.2) is 18.2 Å². The number of methoxy groups -OCH3 is 1. The van der Waals surface area contributed by atoms with Crippen LogP contribution in [0.2, 0.25) is 0 Å². The maximum atomic E-state index is 5.75. The lowest BCUT2D eigenvalue weighted by molar-refractivity contribution is 0.0544. The number of ether oxygens (including phenoxy) is 4. The smallest absolute Gasteiger partial charge is 0.125 e. The van der Waals surface area contributed by atoms with Crippen LogP contribution in [0.1, 0.15) is 6.92 Å². The number of nitrogens with two attached hydrogens (primary N) is 1. The Hall–Kier alpha value is -1.46. The molecule has 0 amide bonds. The van der Waals surface area contributed by atoms with Crippen LogP contribution in [0.5, 0.6) is 11.5 Å². The van der Waals surface area contributed by atoms with Crippen molar-refractivity contribution in [1.82, 2.24) is 0 Å². The molecular formula is C13H21NO4. The van der Waals surface area contributed by atoms with E-state index < -0.39 is 0 Å². The third-order valence-electron chi connectivity index (χ3n) is 2.14. The van der Waals surface area contributed by atoms with Crippen molar-refractivity contribution in [1.29, 1.82) is 0 Å². The van der Waals surface area contributed by atoms with Crippen molar-refractivity contribution in [3.63, 3.8) is 0 Å². The van der Waals surface area contributed by atoms with Crippen LogP contribution in [0, 0.1) is 0 Å². The lowest BCUT2D eigenvalue weighted by atomic mass is 10.3. The summed E-state index contributed by atoms with van der Waals surface area (Å²) in [4.78, 5) is 0. The first kappa shape index (κ1) is 14.6. The highest BCUT2D eigenvalue weighted by molar-refractivity contribution is 5.50. The topological polar surface area (TPSA) is 62.9 Å². The van der Waals surface area contributed by atoms with E-state index in [0.29, 0.717) is 50.2 Å². The zero-order valence-electron chi connectivity index (χ0n) is 11.0. The van der Waals surface area contributed by atoms with Crippen molar-refractivity contribution < 1.29 is 18.9 Å². The fourth-order valence-electron chi connectivity index (χ4n) is 1.39. The van der Waals surface area contributed by atoms with E-state index >= 15 is 0 Å². The highest BCUT2D eigenvalue weighted by atomic mass is 16.5. The van der Waals surface area contributed by atoms with Gasteiger partial charge >= 0.3 is 0 Å². The van der Waals surface area contributed by atoms with Gasteiger partial charge in [0.25, 0.3) is 0 Å². The summed E-state index contributed by atoms with van der Waals surface area (Å²) in [7, 11) is 1.64. The molecular weight excluding hydrogens is 234 g/mol. The van der Waals surface area contributed by atoms with Crippen LogP contribution in [0.3, 0.4) is 0 Å². The molecule has 0 heterocycles. The van der Waals surface area contributed by atoms with E-state index in [2.05, 4.69) is 0 Å². The fourth-order valence-corrected chi connectivity index (χ4v) is 1.39. The summed E-state index contributed by atoms with van der Waals surface area (Å²) in [6, 6.07) is 5.35. The summed E-state index contributed by atoms with van der Waals surface area (Å²) in [6.45, 7) is 4.67. The van der Waals surface area contributed by atoms with Gasteiger partial charge in [0.05, 0.1) is 26.4 Å². The molecule has 0 fully saturated rings. The first-order valence-corrected chi connectivity index (χ1v) is 5.99. The molecule has 0 aliphatic carbocycles. The van der Waals surface area contributed by atoms with Gasteiger partial charge < -0.3 is 24.7 Å². The Kier molecular flexibility index (Phi) is 6.98. The van der Waals surface area contributed by atoms with Gasteiger partial charge in [-0.1, -0.05) is 0 Å². The maximum absolute atomic E-state index is 5.75. The van der Waals surface area contributed by atoms with E-state index in [0.717, 1.165) is 0 Å². The van der Waals surface area contributed by atoms with E-state index in [1.165, 1.54) is 0 Å². The van der Waals surface area contributed by atoms with Gasteiger partial charge in [-0.15, -0.1) is 0 Å². The number of rotatable bonds is 9. The van der Waals surface area contributed by atoms with Gasteiger partial charge in [0.1, 0.15) is 18.1 Å². The molecule has 0 radical (unpaired) electrons. The van der Waals surface area contributed by atoms with E-state index in [1.807, 2.05) is 13.0 Å². The van der Waals surface area contributed by atoms with Crippen LogP contribution < -0.4 is 15.2 Å². The SMILES string of the molecule is CCOc1cc(N)cc(OCCOCCOC)c1. The summed E-state index contributed by atoms with van der Waals surface area (Å²) in [5.41, 5.74) is 6.37. The summed E-state index contributed by atoms with van der Waals surface area (Å²) in [5, 5.41) is 0.